The largest absolute Gasteiger partial charge is 0.454 e. The van der Waals surface area contributed by atoms with E-state index in [-0.39, 0.29) is 5.97 Å². The highest BCUT2D eigenvalue weighted by Crippen LogP contribution is 2.27. The zero-order chi connectivity index (χ0) is 10.6. The van der Waals surface area contributed by atoms with Crippen molar-refractivity contribution < 1.29 is 9.53 Å². The minimum Gasteiger partial charge on any atom is -0.454 e. The first-order valence-electron chi connectivity index (χ1n) is 4.39. The summed E-state index contributed by atoms with van der Waals surface area (Å²) in [5.74, 6) is -0.268. The summed E-state index contributed by atoms with van der Waals surface area (Å²) in [7, 11) is 0. The molecule has 2 nitrogen and oxygen atoms in total. The Morgan fingerprint density at radius 2 is 2.00 bits per heavy atom. The van der Waals surface area contributed by atoms with Gasteiger partial charge in [0.15, 0.2) is 0 Å². The van der Waals surface area contributed by atoms with E-state index in [1.54, 1.807) is 0 Å². The molecule has 0 saturated heterocycles. The van der Waals surface area contributed by atoms with Crippen molar-refractivity contribution in [3.63, 3.8) is 0 Å². The van der Waals surface area contributed by atoms with Crippen LogP contribution in [0, 0.1) is 0 Å². The van der Waals surface area contributed by atoms with Crippen molar-refractivity contribution in [2.45, 2.75) is 19.4 Å². The second-order valence-corrected chi connectivity index (χ2v) is 3.88. The molecule has 1 aromatic carbocycles. The lowest BCUT2D eigenvalue weighted by Gasteiger charge is -2.27. The Kier molecular flexibility index (Phi) is 3.69. The molecule has 14 heavy (non-hydrogen) atoms. The van der Waals surface area contributed by atoms with E-state index in [1.165, 1.54) is 6.92 Å². The minimum absolute atomic E-state index is 0.268. The number of hydrogen-bond donors (Lipinski definition) is 0. The number of halogens is 1. The predicted octanol–water partition coefficient (Wildman–Crippen LogP) is 2.86. The topological polar surface area (TPSA) is 26.3 Å². The van der Waals surface area contributed by atoms with Crippen LogP contribution in [0.25, 0.3) is 0 Å². The van der Waals surface area contributed by atoms with Gasteiger partial charge >= 0.3 is 5.97 Å². The molecule has 0 fully saturated rings. The lowest BCUT2D eigenvalue weighted by molar-refractivity contribution is -0.153. The number of benzene rings is 1. The summed E-state index contributed by atoms with van der Waals surface area (Å²) >= 11 is 3.36. The van der Waals surface area contributed by atoms with Crippen LogP contribution in [0.3, 0.4) is 0 Å². The van der Waals surface area contributed by atoms with Gasteiger partial charge in [-0.15, -0.1) is 0 Å². The van der Waals surface area contributed by atoms with Crippen LogP contribution in [0.1, 0.15) is 19.4 Å². The molecular weight excluding hydrogens is 244 g/mol. The summed E-state index contributed by atoms with van der Waals surface area (Å²) in [5.41, 5.74) is 0.416. The Balaban J connectivity index is 2.95. The van der Waals surface area contributed by atoms with Gasteiger partial charge in [-0.05, 0) is 12.5 Å². The highest BCUT2D eigenvalue weighted by molar-refractivity contribution is 9.09. The summed E-state index contributed by atoms with van der Waals surface area (Å²) in [6.07, 6.45) is 0. The monoisotopic (exact) mass is 256 g/mol. The molecular formula is C11H13BrO2. The van der Waals surface area contributed by atoms with E-state index >= 15 is 0 Å². The smallest absolute Gasteiger partial charge is 0.303 e. The van der Waals surface area contributed by atoms with Crippen LogP contribution in [0.4, 0.5) is 0 Å². The predicted molar refractivity (Wildman–Crippen MR) is 59.4 cm³/mol. The lowest BCUT2D eigenvalue weighted by atomic mass is 9.98. The quantitative estimate of drug-likeness (QED) is 0.614. The standard InChI is InChI=1S/C11H13BrO2/c1-9(13)14-11(2,8-12)10-6-4-3-5-7-10/h3-7H,8H2,1-2H3. The Morgan fingerprint density at radius 3 is 2.43 bits per heavy atom. The normalized spacial score (nSPS) is 14.5. The molecule has 0 N–H and O–H groups in total. The molecule has 3 heteroatoms. The van der Waals surface area contributed by atoms with E-state index in [9.17, 15) is 4.79 Å². The number of carbonyl (C=O) groups excluding carboxylic acids is 1. The molecule has 0 radical (unpaired) electrons. The third kappa shape index (κ3) is 2.58. The fourth-order valence-electron chi connectivity index (χ4n) is 1.27. The maximum Gasteiger partial charge on any atom is 0.303 e. The molecule has 0 heterocycles. The van der Waals surface area contributed by atoms with Crippen molar-refractivity contribution in [3.05, 3.63) is 35.9 Å². The van der Waals surface area contributed by atoms with Gasteiger partial charge in [0.05, 0.1) is 0 Å². The zero-order valence-electron chi connectivity index (χ0n) is 8.29. The van der Waals surface area contributed by atoms with Gasteiger partial charge in [0.1, 0.15) is 5.60 Å². The van der Waals surface area contributed by atoms with E-state index in [1.807, 2.05) is 37.3 Å². The van der Waals surface area contributed by atoms with Gasteiger partial charge < -0.3 is 4.74 Å². The first-order chi connectivity index (χ1) is 6.58. The summed E-state index contributed by atoms with van der Waals surface area (Å²) in [6.45, 7) is 3.31. The average Bonchev–Trinajstić information content (AvgIpc) is 2.18. The SMILES string of the molecule is CC(=O)OC(C)(CBr)c1ccccc1. The Hall–Kier alpha value is -0.830. The molecule has 0 amide bonds. The molecule has 0 saturated carbocycles. The molecule has 1 rings (SSSR count). The van der Waals surface area contributed by atoms with Crippen LogP contribution in [0.15, 0.2) is 30.3 Å². The van der Waals surface area contributed by atoms with Gasteiger partial charge in [0.25, 0.3) is 0 Å². The van der Waals surface area contributed by atoms with Crippen molar-refractivity contribution in [1.29, 1.82) is 0 Å². The van der Waals surface area contributed by atoms with Crippen molar-refractivity contribution in [1.82, 2.24) is 0 Å². The van der Waals surface area contributed by atoms with Crippen LogP contribution >= 0.6 is 15.9 Å². The van der Waals surface area contributed by atoms with E-state index < -0.39 is 5.60 Å². The number of alkyl halides is 1. The van der Waals surface area contributed by atoms with Crippen LogP contribution in [0.2, 0.25) is 0 Å². The maximum absolute atomic E-state index is 10.9. The third-order valence-electron chi connectivity index (χ3n) is 2.01. The summed E-state index contributed by atoms with van der Waals surface area (Å²) < 4.78 is 5.29. The molecule has 0 bridgehead atoms. The molecule has 0 aliphatic heterocycles. The first kappa shape index (κ1) is 11.2. The van der Waals surface area contributed by atoms with Crippen LogP contribution in [-0.4, -0.2) is 11.3 Å². The van der Waals surface area contributed by atoms with Crippen molar-refractivity contribution in [3.8, 4) is 0 Å². The van der Waals surface area contributed by atoms with Crippen molar-refractivity contribution >= 4 is 21.9 Å². The number of esters is 1. The highest BCUT2D eigenvalue weighted by atomic mass is 79.9. The Labute approximate surface area is 92.4 Å². The van der Waals surface area contributed by atoms with Gasteiger partial charge in [0, 0.05) is 12.3 Å². The van der Waals surface area contributed by atoms with E-state index in [0.717, 1.165) is 5.56 Å². The number of hydrogen-bond acceptors (Lipinski definition) is 2. The van der Waals surface area contributed by atoms with Crippen molar-refractivity contribution in [2.24, 2.45) is 0 Å². The minimum atomic E-state index is -0.576. The number of carbonyl (C=O) groups is 1. The highest BCUT2D eigenvalue weighted by Gasteiger charge is 2.28. The number of rotatable bonds is 3. The van der Waals surface area contributed by atoms with Crippen LogP contribution < -0.4 is 0 Å². The fraction of sp³-hybridized carbons (Fsp3) is 0.364. The van der Waals surface area contributed by atoms with E-state index in [0.29, 0.717) is 5.33 Å². The van der Waals surface area contributed by atoms with Gasteiger partial charge in [-0.3, -0.25) is 4.79 Å². The molecule has 1 atom stereocenters. The average molecular weight is 257 g/mol. The molecule has 1 unspecified atom stereocenters. The second kappa shape index (κ2) is 4.60. The van der Waals surface area contributed by atoms with E-state index in [4.69, 9.17) is 4.74 Å². The summed E-state index contributed by atoms with van der Waals surface area (Å²) in [6, 6.07) is 9.69. The van der Waals surface area contributed by atoms with Gasteiger partial charge in [-0.2, -0.15) is 0 Å². The molecule has 0 aromatic heterocycles. The third-order valence-corrected chi connectivity index (χ3v) is 3.08. The lowest BCUT2D eigenvalue weighted by Crippen LogP contribution is -2.29. The van der Waals surface area contributed by atoms with Crippen LogP contribution in [0.5, 0.6) is 0 Å². The molecule has 1 aromatic rings. The molecule has 0 spiro atoms. The number of ether oxygens (including phenoxy) is 1. The second-order valence-electron chi connectivity index (χ2n) is 3.32. The summed E-state index contributed by atoms with van der Waals surface area (Å²) in [5, 5.41) is 0.587. The van der Waals surface area contributed by atoms with Crippen LogP contribution in [-0.2, 0) is 15.1 Å². The van der Waals surface area contributed by atoms with Crippen molar-refractivity contribution in [2.75, 3.05) is 5.33 Å². The maximum atomic E-state index is 10.9. The Bertz CT molecular complexity index is 310. The fourth-order valence-corrected chi connectivity index (χ4v) is 1.71. The zero-order valence-corrected chi connectivity index (χ0v) is 9.87. The van der Waals surface area contributed by atoms with Gasteiger partial charge in [-0.25, -0.2) is 0 Å². The molecule has 0 aliphatic rings. The summed E-state index contributed by atoms with van der Waals surface area (Å²) in [4.78, 5) is 10.9. The molecule has 76 valence electrons. The first-order valence-corrected chi connectivity index (χ1v) is 5.52. The van der Waals surface area contributed by atoms with Gasteiger partial charge in [-0.1, -0.05) is 46.3 Å². The molecule has 0 aliphatic carbocycles. The van der Waals surface area contributed by atoms with Gasteiger partial charge in [0.2, 0.25) is 0 Å². The van der Waals surface area contributed by atoms with E-state index in [2.05, 4.69) is 15.9 Å². The Morgan fingerprint density at radius 1 is 1.43 bits per heavy atom.